The molecule has 2 rings (SSSR count). The number of carbonyl (C=O) groups is 1. The van der Waals surface area contributed by atoms with Crippen LogP contribution in [-0.2, 0) is 9.53 Å². The van der Waals surface area contributed by atoms with Gasteiger partial charge in [0.15, 0.2) is 0 Å². The molecule has 0 aromatic rings. The lowest BCUT2D eigenvalue weighted by Crippen LogP contribution is -2.64. The van der Waals surface area contributed by atoms with Crippen LogP contribution in [0.25, 0.3) is 0 Å². The van der Waals surface area contributed by atoms with Crippen molar-refractivity contribution in [1.29, 1.82) is 0 Å². The Morgan fingerprint density at radius 2 is 2.25 bits per heavy atom. The number of carbonyl (C=O) groups excluding carboxylic acids is 1. The van der Waals surface area contributed by atoms with E-state index >= 15 is 0 Å². The Kier molecular flexibility index (Phi) is 3.22. The van der Waals surface area contributed by atoms with E-state index in [0.29, 0.717) is 19.7 Å². The number of ether oxygens (including phenoxy) is 1. The molecule has 0 aromatic carbocycles. The first-order valence-corrected chi connectivity index (χ1v) is 6.17. The summed E-state index contributed by atoms with van der Waals surface area (Å²) >= 11 is 0. The van der Waals surface area contributed by atoms with Crippen molar-refractivity contribution in [3.63, 3.8) is 0 Å². The minimum absolute atomic E-state index is 0.0150. The normalized spacial score (nSPS) is 32.6. The summed E-state index contributed by atoms with van der Waals surface area (Å²) in [6, 6.07) is 0. The zero-order valence-corrected chi connectivity index (χ0v) is 10.1. The first-order valence-electron chi connectivity index (χ1n) is 6.17. The lowest BCUT2D eigenvalue weighted by atomic mass is 9.88. The highest BCUT2D eigenvalue weighted by Crippen LogP contribution is 2.29. The maximum absolute atomic E-state index is 12.0. The Morgan fingerprint density at radius 3 is 2.75 bits per heavy atom. The maximum Gasteiger partial charge on any atom is 0.228 e. The van der Waals surface area contributed by atoms with Crippen molar-refractivity contribution in [3.8, 4) is 0 Å². The molecule has 0 bridgehead atoms. The number of hydrogen-bond acceptors (Lipinski definition) is 3. The number of aliphatic hydroxyl groups is 1. The Bertz CT molecular complexity index is 273. The number of nitrogens with zero attached hydrogens (tertiary/aromatic N) is 1. The third kappa shape index (κ3) is 2.23. The quantitative estimate of drug-likeness (QED) is 0.775. The van der Waals surface area contributed by atoms with Crippen LogP contribution in [0.2, 0.25) is 0 Å². The molecule has 92 valence electrons. The van der Waals surface area contributed by atoms with Crippen LogP contribution in [0, 0.1) is 5.92 Å². The van der Waals surface area contributed by atoms with Gasteiger partial charge < -0.3 is 14.7 Å². The van der Waals surface area contributed by atoms with Gasteiger partial charge in [0.1, 0.15) is 0 Å². The van der Waals surface area contributed by atoms with E-state index in [9.17, 15) is 9.90 Å². The molecule has 2 atom stereocenters. The molecule has 0 saturated carbocycles. The summed E-state index contributed by atoms with van der Waals surface area (Å²) < 4.78 is 5.39. The van der Waals surface area contributed by atoms with Crippen LogP contribution in [0.4, 0.5) is 0 Å². The fourth-order valence-electron chi connectivity index (χ4n) is 2.69. The minimum atomic E-state index is -0.616. The average molecular weight is 227 g/mol. The molecule has 2 saturated heterocycles. The molecule has 0 spiro atoms. The predicted molar refractivity (Wildman–Crippen MR) is 60.0 cm³/mol. The monoisotopic (exact) mass is 227 g/mol. The molecule has 16 heavy (non-hydrogen) atoms. The molecular weight excluding hydrogens is 206 g/mol. The number of amides is 1. The van der Waals surface area contributed by atoms with Crippen LogP contribution < -0.4 is 0 Å². The van der Waals surface area contributed by atoms with Crippen LogP contribution >= 0.6 is 0 Å². The Balaban J connectivity index is 1.81. The van der Waals surface area contributed by atoms with Gasteiger partial charge in [-0.15, -0.1) is 0 Å². The predicted octanol–water partition coefficient (Wildman–Crippen LogP) is 0.785. The van der Waals surface area contributed by atoms with E-state index in [1.165, 1.54) is 0 Å². The topological polar surface area (TPSA) is 49.8 Å². The number of β-amino-alcohol motifs (C(OH)–C–C–N with tert-alkyl or cyclic N) is 1. The maximum atomic E-state index is 12.0. The SMILES string of the molecule is CCCC1(O)CN(C(=O)C2COC(C)C2)C1. The van der Waals surface area contributed by atoms with Crippen molar-refractivity contribution in [2.75, 3.05) is 19.7 Å². The summed E-state index contributed by atoms with van der Waals surface area (Å²) in [5, 5.41) is 10.00. The lowest BCUT2D eigenvalue weighted by Gasteiger charge is -2.47. The zero-order valence-electron chi connectivity index (χ0n) is 10.1. The van der Waals surface area contributed by atoms with Crippen molar-refractivity contribution >= 4 is 5.91 Å². The zero-order chi connectivity index (χ0) is 11.8. The summed E-state index contributed by atoms with van der Waals surface area (Å²) in [4.78, 5) is 13.8. The third-order valence-electron chi connectivity index (χ3n) is 3.54. The van der Waals surface area contributed by atoms with Crippen molar-refractivity contribution in [2.45, 2.75) is 44.8 Å². The van der Waals surface area contributed by atoms with Gasteiger partial charge >= 0.3 is 0 Å². The molecule has 2 unspecified atom stereocenters. The fraction of sp³-hybridized carbons (Fsp3) is 0.917. The van der Waals surface area contributed by atoms with Gasteiger partial charge in [0.2, 0.25) is 5.91 Å². The summed E-state index contributed by atoms with van der Waals surface area (Å²) in [5.74, 6) is 0.173. The van der Waals surface area contributed by atoms with Gasteiger partial charge in [0.25, 0.3) is 0 Å². The van der Waals surface area contributed by atoms with E-state index in [1.54, 1.807) is 4.90 Å². The van der Waals surface area contributed by atoms with Gasteiger partial charge in [0, 0.05) is 0 Å². The number of rotatable bonds is 3. The van der Waals surface area contributed by atoms with Crippen LogP contribution in [0.5, 0.6) is 0 Å². The Morgan fingerprint density at radius 1 is 1.56 bits per heavy atom. The van der Waals surface area contributed by atoms with Gasteiger partial charge in [-0.25, -0.2) is 0 Å². The molecule has 0 radical (unpaired) electrons. The highest BCUT2D eigenvalue weighted by molar-refractivity contribution is 5.80. The van der Waals surface area contributed by atoms with Crippen LogP contribution in [-0.4, -0.2) is 47.3 Å². The molecule has 4 nitrogen and oxygen atoms in total. The van der Waals surface area contributed by atoms with Crippen molar-refractivity contribution in [2.24, 2.45) is 5.92 Å². The molecular formula is C12H21NO3. The van der Waals surface area contributed by atoms with E-state index in [2.05, 4.69) is 6.92 Å². The molecule has 0 aromatic heterocycles. The molecule has 2 aliphatic heterocycles. The van der Waals surface area contributed by atoms with Gasteiger partial charge in [0.05, 0.1) is 37.3 Å². The minimum Gasteiger partial charge on any atom is -0.386 e. The number of hydrogen-bond donors (Lipinski definition) is 1. The first kappa shape index (κ1) is 11.9. The molecule has 1 amide bonds. The molecule has 2 heterocycles. The highest BCUT2D eigenvalue weighted by Gasteiger charge is 2.45. The smallest absolute Gasteiger partial charge is 0.228 e. The van der Waals surface area contributed by atoms with E-state index in [-0.39, 0.29) is 17.9 Å². The largest absolute Gasteiger partial charge is 0.386 e. The van der Waals surface area contributed by atoms with E-state index in [0.717, 1.165) is 19.3 Å². The van der Waals surface area contributed by atoms with E-state index in [4.69, 9.17) is 4.74 Å². The molecule has 1 N–H and O–H groups in total. The van der Waals surface area contributed by atoms with Gasteiger partial charge in [-0.3, -0.25) is 4.79 Å². The molecule has 2 aliphatic rings. The Labute approximate surface area is 96.6 Å². The second-order valence-electron chi connectivity index (χ2n) is 5.25. The number of likely N-dealkylation sites (tertiary alicyclic amines) is 1. The third-order valence-corrected chi connectivity index (χ3v) is 3.54. The van der Waals surface area contributed by atoms with Crippen molar-refractivity contribution in [1.82, 2.24) is 4.90 Å². The lowest BCUT2D eigenvalue weighted by molar-refractivity contribution is -0.160. The summed E-state index contributed by atoms with van der Waals surface area (Å²) in [5.41, 5.74) is -0.616. The van der Waals surface area contributed by atoms with Gasteiger partial charge in [-0.2, -0.15) is 0 Å². The fourth-order valence-corrected chi connectivity index (χ4v) is 2.69. The molecule has 0 aliphatic carbocycles. The van der Waals surface area contributed by atoms with Gasteiger partial charge in [-0.05, 0) is 19.8 Å². The van der Waals surface area contributed by atoms with Crippen LogP contribution in [0.15, 0.2) is 0 Å². The van der Waals surface area contributed by atoms with Crippen LogP contribution in [0.1, 0.15) is 33.1 Å². The average Bonchev–Trinajstić information content (AvgIpc) is 2.60. The highest BCUT2D eigenvalue weighted by atomic mass is 16.5. The summed E-state index contributed by atoms with van der Waals surface area (Å²) in [6.45, 7) is 5.60. The Hall–Kier alpha value is -0.610. The van der Waals surface area contributed by atoms with E-state index in [1.807, 2.05) is 6.92 Å². The molecule has 2 fully saturated rings. The standard InChI is InChI=1S/C12H21NO3/c1-3-4-12(15)7-13(8-12)11(14)10-5-9(2)16-6-10/h9-10,15H,3-8H2,1-2H3. The second kappa shape index (κ2) is 4.34. The first-order chi connectivity index (χ1) is 7.54. The van der Waals surface area contributed by atoms with Gasteiger partial charge in [-0.1, -0.05) is 13.3 Å². The van der Waals surface area contributed by atoms with Crippen molar-refractivity contribution < 1.29 is 14.6 Å². The summed E-state index contributed by atoms with van der Waals surface area (Å²) in [6.07, 6.45) is 2.77. The van der Waals surface area contributed by atoms with Crippen LogP contribution in [0.3, 0.4) is 0 Å². The van der Waals surface area contributed by atoms with Crippen molar-refractivity contribution in [3.05, 3.63) is 0 Å². The second-order valence-corrected chi connectivity index (χ2v) is 5.25. The van der Waals surface area contributed by atoms with E-state index < -0.39 is 5.60 Å². The summed E-state index contributed by atoms with van der Waals surface area (Å²) in [7, 11) is 0. The molecule has 4 heteroatoms.